The number of carbonyl (C=O) groups excluding carboxylic acids is 2. The predicted octanol–water partition coefficient (Wildman–Crippen LogP) is 3.16. The molecule has 2 N–H and O–H groups in total. The second-order valence-corrected chi connectivity index (χ2v) is 7.44. The molecule has 0 unspecified atom stereocenters. The quantitative estimate of drug-likeness (QED) is 0.612. The van der Waals surface area contributed by atoms with Crippen LogP contribution in [0.3, 0.4) is 0 Å². The average Bonchev–Trinajstić information content (AvgIpc) is 2.89. The van der Waals surface area contributed by atoms with E-state index in [0.29, 0.717) is 27.3 Å². The van der Waals surface area contributed by atoms with Gasteiger partial charge in [0.15, 0.2) is 6.61 Å². The molecule has 0 spiro atoms. The van der Waals surface area contributed by atoms with Gasteiger partial charge >= 0.3 is 5.97 Å². The van der Waals surface area contributed by atoms with Crippen LogP contribution in [0.2, 0.25) is 0 Å². The minimum absolute atomic E-state index is 0.263. The number of thiophene rings is 1. The number of rotatable bonds is 4. The van der Waals surface area contributed by atoms with Gasteiger partial charge in [-0.2, -0.15) is 0 Å². The lowest BCUT2D eigenvalue weighted by Gasteiger charge is -2.06. The first kappa shape index (κ1) is 18.3. The molecular weight excluding hydrogens is 422 g/mol. The van der Waals surface area contributed by atoms with Crippen LogP contribution in [-0.2, 0) is 9.53 Å². The van der Waals surface area contributed by atoms with E-state index in [2.05, 4.69) is 31.2 Å². The van der Waals surface area contributed by atoms with Crippen LogP contribution in [0.4, 0.5) is 5.69 Å². The molecule has 3 rings (SSSR count). The van der Waals surface area contributed by atoms with Crippen LogP contribution in [0, 0.1) is 13.8 Å². The Labute approximate surface area is 160 Å². The third-order valence-electron chi connectivity index (χ3n) is 3.55. The maximum Gasteiger partial charge on any atom is 0.349 e. The molecule has 0 atom stereocenters. The summed E-state index contributed by atoms with van der Waals surface area (Å²) in [5.41, 5.74) is 0.786. The highest BCUT2D eigenvalue weighted by Gasteiger charge is 2.20. The van der Waals surface area contributed by atoms with Gasteiger partial charge in [0.2, 0.25) is 0 Å². The average molecular weight is 436 g/mol. The number of amides is 1. The standard InChI is InChI=1S/C17H14BrN3O4S/c1-8-13-15(23)19-9(2)20-16(13)26-14(8)17(24)25-7-12(22)21-11-5-3-4-10(18)6-11/h3-6H,7H2,1-2H3,(H,21,22)(H,19,20,23). The Kier molecular flexibility index (Phi) is 5.19. The van der Waals surface area contributed by atoms with Crippen molar-refractivity contribution in [3.05, 3.63) is 55.4 Å². The van der Waals surface area contributed by atoms with Crippen LogP contribution in [0.15, 0.2) is 33.5 Å². The van der Waals surface area contributed by atoms with E-state index in [-0.39, 0.29) is 10.4 Å². The molecule has 0 radical (unpaired) electrons. The summed E-state index contributed by atoms with van der Waals surface area (Å²) in [6.07, 6.45) is 0. The number of hydrogen-bond donors (Lipinski definition) is 2. The fourth-order valence-electron chi connectivity index (χ4n) is 2.41. The van der Waals surface area contributed by atoms with Crippen molar-refractivity contribution in [2.75, 3.05) is 11.9 Å². The minimum atomic E-state index is -0.660. The number of aromatic nitrogens is 2. The van der Waals surface area contributed by atoms with E-state index < -0.39 is 18.5 Å². The Morgan fingerprint density at radius 2 is 2.12 bits per heavy atom. The molecule has 0 aliphatic carbocycles. The molecule has 0 saturated heterocycles. The van der Waals surface area contributed by atoms with Crippen LogP contribution >= 0.6 is 27.3 Å². The van der Waals surface area contributed by atoms with Gasteiger partial charge in [0.25, 0.3) is 11.5 Å². The van der Waals surface area contributed by atoms with Crippen molar-refractivity contribution in [1.29, 1.82) is 0 Å². The lowest BCUT2D eigenvalue weighted by atomic mass is 10.2. The lowest BCUT2D eigenvalue weighted by Crippen LogP contribution is -2.20. The zero-order valence-corrected chi connectivity index (χ0v) is 16.3. The smallest absolute Gasteiger partial charge is 0.349 e. The molecule has 0 aliphatic heterocycles. The second kappa shape index (κ2) is 7.38. The Hall–Kier alpha value is -2.52. The van der Waals surface area contributed by atoms with Crippen LogP contribution in [0.5, 0.6) is 0 Å². The Morgan fingerprint density at radius 3 is 2.85 bits per heavy atom. The van der Waals surface area contributed by atoms with Crippen molar-refractivity contribution in [1.82, 2.24) is 9.97 Å². The van der Waals surface area contributed by atoms with E-state index in [9.17, 15) is 14.4 Å². The number of ether oxygens (including phenoxy) is 1. The van der Waals surface area contributed by atoms with Gasteiger partial charge in [-0.3, -0.25) is 9.59 Å². The van der Waals surface area contributed by atoms with E-state index in [4.69, 9.17) is 4.74 Å². The first-order valence-corrected chi connectivity index (χ1v) is 9.18. The molecule has 26 heavy (non-hydrogen) atoms. The van der Waals surface area contributed by atoms with Crippen molar-refractivity contribution in [2.24, 2.45) is 0 Å². The molecule has 0 fully saturated rings. The predicted molar refractivity (Wildman–Crippen MR) is 103 cm³/mol. The van der Waals surface area contributed by atoms with E-state index in [1.165, 1.54) is 0 Å². The largest absolute Gasteiger partial charge is 0.451 e. The number of aryl methyl sites for hydroxylation is 2. The molecule has 1 aromatic carbocycles. The van der Waals surface area contributed by atoms with Crippen LogP contribution < -0.4 is 10.9 Å². The first-order chi connectivity index (χ1) is 12.3. The topological polar surface area (TPSA) is 101 Å². The third kappa shape index (κ3) is 3.83. The number of anilines is 1. The Bertz CT molecular complexity index is 1070. The fourth-order valence-corrected chi connectivity index (χ4v) is 3.93. The van der Waals surface area contributed by atoms with Crippen molar-refractivity contribution in [3.63, 3.8) is 0 Å². The molecule has 3 aromatic rings. The maximum absolute atomic E-state index is 12.3. The molecule has 0 saturated carbocycles. The highest BCUT2D eigenvalue weighted by molar-refractivity contribution is 9.10. The van der Waals surface area contributed by atoms with Gasteiger partial charge in [-0.05, 0) is 37.6 Å². The van der Waals surface area contributed by atoms with E-state index in [1.54, 1.807) is 32.0 Å². The summed E-state index contributed by atoms with van der Waals surface area (Å²) in [6, 6.07) is 7.06. The molecule has 2 heterocycles. The Morgan fingerprint density at radius 1 is 1.35 bits per heavy atom. The number of nitrogens with zero attached hydrogens (tertiary/aromatic N) is 1. The van der Waals surface area contributed by atoms with E-state index in [0.717, 1.165) is 15.8 Å². The number of nitrogens with one attached hydrogen (secondary N) is 2. The number of H-pyrrole nitrogens is 1. The van der Waals surface area contributed by atoms with E-state index >= 15 is 0 Å². The van der Waals surface area contributed by atoms with Crippen molar-refractivity contribution in [3.8, 4) is 0 Å². The number of esters is 1. The summed E-state index contributed by atoms with van der Waals surface area (Å²) in [7, 11) is 0. The van der Waals surface area contributed by atoms with Gasteiger partial charge in [0.1, 0.15) is 15.5 Å². The summed E-state index contributed by atoms with van der Waals surface area (Å²) in [5, 5.41) is 3.00. The molecule has 9 heteroatoms. The van der Waals surface area contributed by atoms with Gasteiger partial charge in [0.05, 0.1) is 5.39 Å². The zero-order chi connectivity index (χ0) is 18.8. The Balaban J connectivity index is 1.71. The fraction of sp³-hybridized carbons (Fsp3) is 0.176. The van der Waals surface area contributed by atoms with Crippen LogP contribution in [-0.4, -0.2) is 28.5 Å². The monoisotopic (exact) mass is 435 g/mol. The zero-order valence-electron chi connectivity index (χ0n) is 13.9. The van der Waals surface area contributed by atoms with Crippen LogP contribution in [0.1, 0.15) is 21.1 Å². The molecule has 2 aromatic heterocycles. The summed E-state index contributed by atoms with van der Waals surface area (Å²) in [6.45, 7) is 2.89. The molecule has 134 valence electrons. The summed E-state index contributed by atoms with van der Waals surface area (Å²) in [5.74, 6) is -0.647. The second-order valence-electron chi connectivity index (χ2n) is 5.52. The van der Waals surface area contributed by atoms with Crippen molar-refractivity contribution < 1.29 is 14.3 Å². The van der Waals surface area contributed by atoms with E-state index in [1.807, 2.05) is 6.07 Å². The van der Waals surface area contributed by atoms with Gasteiger partial charge in [-0.15, -0.1) is 11.3 Å². The number of benzene rings is 1. The molecule has 1 amide bonds. The number of hydrogen-bond acceptors (Lipinski definition) is 6. The van der Waals surface area contributed by atoms with Crippen molar-refractivity contribution >= 4 is 55.0 Å². The summed E-state index contributed by atoms with van der Waals surface area (Å²) < 4.78 is 5.90. The summed E-state index contributed by atoms with van der Waals surface area (Å²) >= 11 is 4.39. The molecule has 7 nitrogen and oxygen atoms in total. The number of halogens is 1. The normalized spacial score (nSPS) is 10.7. The maximum atomic E-state index is 12.3. The third-order valence-corrected chi connectivity index (χ3v) is 5.21. The number of fused-ring (bicyclic) bond motifs is 1. The minimum Gasteiger partial charge on any atom is -0.451 e. The van der Waals surface area contributed by atoms with Gasteiger partial charge in [-0.25, -0.2) is 9.78 Å². The number of carbonyl (C=O) groups is 2. The SMILES string of the molecule is Cc1nc2sc(C(=O)OCC(=O)Nc3cccc(Br)c3)c(C)c2c(=O)[nH]1. The summed E-state index contributed by atoms with van der Waals surface area (Å²) in [4.78, 5) is 43.9. The van der Waals surface area contributed by atoms with Crippen LogP contribution in [0.25, 0.3) is 10.2 Å². The highest BCUT2D eigenvalue weighted by Crippen LogP contribution is 2.27. The van der Waals surface area contributed by atoms with Gasteiger partial charge in [0, 0.05) is 10.2 Å². The lowest BCUT2D eigenvalue weighted by molar-refractivity contribution is -0.119. The van der Waals surface area contributed by atoms with Crippen molar-refractivity contribution in [2.45, 2.75) is 13.8 Å². The van der Waals surface area contributed by atoms with Gasteiger partial charge in [-0.1, -0.05) is 22.0 Å². The first-order valence-electron chi connectivity index (χ1n) is 7.57. The highest BCUT2D eigenvalue weighted by atomic mass is 79.9. The van der Waals surface area contributed by atoms with Gasteiger partial charge < -0.3 is 15.0 Å². The molecule has 0 aliphatic rings. The molecule has 0 bridgehead atoms. The number of aromatic amines is 1. The molecular formula is C17H14BrN3O4S.